The molecule has 0 atom stereocenters. The van der Waals surface area contributed by atoms with Crippen LogP contribution in [0, 0.1) is 0 Å². The fourth-order valence-electron chi connectivity index (χ4n) is 2.08. The Hall–Kier alpha value is -2.20. The predicted molar refractivity (Wildman–Crippen MR) is 83.0 cm³/mol. The molecule has 110 valence electrons. The third-order valence-electron chi connectivity index (χ3n) is 3.20. The number of hydrogen-bond donors (Lipinski definition) is 2. The normalized spacial score (nSPS) is 10.3. The average Bonchev–Trinajstić information content (AvgIpc) is 2.51. The van der Waals surface area contributed by atoms with E-state index < -0.39 is 0 Å². The maximum absolute atomic E-state index is 11.8. The van der Waals surface area contributed by atoms with Crippen LogP contribution in [-0.4, -0.2) is 22.6 Å². The fraction of sp³-hybridized carbons (Fsp3) is 0.294. The Labute approximate surface area is 124 Å². The zero-order valence-electron chi connectivity index (χ0n) is 12.0. The van der Waals surface area contributed by atoms with E-state index in [1.54, 1.807) is 6.20 Å². The van der Waals surface area contributed by atoms with Crippen LogP contribution < -0.4 is 5.32 Å². The molecule has 2 aromatic rings. The monoisotopic (exact) mass is 284 g/mol. The molecule has 0 aliphatic carbocycles. The number of aliphatic hydroxyl groups is 1. The molecule has 0 fully saturated rings. The van der Waals surface area contributed by atoms with Gasteiger partial charge in [-0.15, -0.1) is 0 Å². The van der Waals surface area contributed by atoms with E-state index in [4.69, 9.17) is 5.11 Å². The quantitative estimate of drug-likeness (QED) is 0.821. The Morgan fingerprint density at radius 1 is 1.10 bits per heavy atom. The SMILES string of the molecule is O=C(CCCc1ccccn1)Nc1ccc(CCO)cc1. The van der Waals surface area contributed by atoms with Crippen LogP contribution >= 0.6 is 0 Å². The third-order valence-corrected chi connectivity index (χ3v) is 3.20. The van der Waals surface area contributed by atoms with Crippen LogP contribution in [0.15, 0.2) is 48.7 Å². The number of rotatable bonds is 7. The number of aryl methyl sites for hydroxylation is 1. The number of benzene rings is 1. The summed E-state index contributed by atoms with van der Waals surface area (Å²) >= 11 is 0. The molecule has 0 bridgehead atoms. The molecule has 2 N–H and O–H groups in total. The van der Waals surface area contributed by atoms with Gasteiger partial charge >= 0.3 is 0 Å². The summed E-state index contributed by atoms with van der Waals surface area (Å²) in [6, 6.07) is 13.4. The lowest BCUT2D eigenvalue weighted by atomic mass is 10.1. The summed E-state index contributed by atoms with van der Waals surface area (Å²) in [4.78, 5) is 16.1. The molecule has 4 heteroatoms. The summed E-state index contributed by atoms with van der Waals surface area (Å²) in [6.07, 6.45) is 4.48. The van der Waals surface area contributed by atoms with Gasteiger partial charge in [-0.2, -0.15) is 0 Å². The van der Waals surface area contributed by atoms with Crippen LogP contribution in [0.1, 0.15) is 24.1 Å². The first kappa shape index (κ1) is 15.2. The van der Waals surface area contributed by atoms with E-state index in [0.717, 1.165) is 29.8 Å². The number of aromatic nitrogens is 1. The fourth-order valence-corrected chi connectivity index (χ4v) is 2.08. The number of anilines is 1. The van der Waals surface area contributed by atoms with E-state index in [-0.39, 0.29) is 12.5 Å². The highest BCUT2D eigenvalue weighted by Gasteiger charge is 2.03. The first-order valence-electron chi connectivity index (χ1n) is 7.17. The van der Waals surface area contributed by atoms with Crippen molar-refractivity contribution in [1.82, 2.24) is 4.98 Å². The van der Waals surface area contributed by atoms with Crippen LogP contribution in [0.5, 0.6) is 0 Å². The molecule has 0 spiro atoms. The lowest BCUT2D eigenvalue weighted by Crippen LogP contribution is -2.11. The van der Waals surface area contributed by atoms with Crippen LogP contribution in [0.3, 0.4) is 0 Å². The molecule has 21 heavy (non-hydrogen) atoms. The van der Waals surface area contributed by atoms with Gasteiger partial charge in [-0.1, -0.05) is 18.2 Å². The minimum absolute atomic E-state index is 0.0147. The van der Waals surface area contributed by atoms with Gasteiger partial charge in [0.05, 0.1) is 0 Å². The maximum Gasteiger partial charge on any atom is 0.224 e. The van der Waals surface area contributed by atoms with Crippen molar-refractivity contribution in [3.63, 3.8) is 0 Å². The topological polar surface area (TPSA) is 62.2 Å². The Kier molecular flexibility index (Phi) is 5.91. The van der Waals surface area contributed by atoms with Gasteiger partial charge in [0.15, 0.2) is 0 Å². The first-order valence-corrected chi connectivity index (χ1v) is 7.17. The molecule has 0 radical (unpaired) electrons. The van der Waals surface area contributed by atoms with Gasteiger partial charge in [0.25, 0.3) is 0 Å². The molecule has 2 rings (SSSR count). The molecule has 1 amide bonds. The summed E-state index contributed by atoms with van der Waals surface area (Å²) < 4.78 is 0. The van der Waals surface area contributed by atoms with Gasteiger partial charge in [-0.3, -0.25) is 9.78 Å². The van der Waals surface area contributed by atoms with Gasteiger partial charge < -0.3 is 10.4 Å². The van der Waals surface area contributed by atoms with Gasteiger partial charge in [0, 0.05) is 30.6 Å². The van der Waals surface area contributed by atoms with Crippen molar-refractivity contribution >= 4 is 11.6 Å². The van der Waals surface area contributed by atoms with E-state index in [9.17, 15) is 4.79 Å². The van der Waals surface area contributed by atoms with Crippen molar-refractivity contribution < 1.29 is 9.90 Å². The Morgan fingerprint density at radius 2 is 1.90 bits per heavy atom. The standard InChI is InChI=1S/C17H20N2O2/c20-13-11-14-7-9-16(10-8-14)19-17(21)6-3-5-15-4-1-2-12-18-15/h1-2,4,7-10,12,20H,3,5-6,11,13H2,(H,19,21). The van der Waals surface area contributed by atoms with Crippen LogP contribution in [0.25, 0.3) is 0 Å². The minimum atomic E-state index is 0.0147. The largest absolute Gasteiger partial charge is 0.396 e. The number of pyridine rings is 1. The average molecular weight is 284 g/mol. The van der Waals surface area contributed by atoms with Crippen molar-refractivity contribution in [1.29, 1.82) is 0 Å². The smallest absolute Gasteiger partial charge is 0.224 e. The van der Waals surface area contributed by atoms with Crippen LogP contribution in [0.2, 0.25) is 0 Å². The first-order chi connectivity index (χ1) is 10.3. The van der Waals surface area contributed by atoms with Gasteiger partial charge in [0.1, 0.15) is 0 Å². The van der Waals surface area contributed by atoms with Gasteiger partial charge in [0.2, 0.25) is 5.91 Å². The Morgan fingerprint density at radius 3 is 2.57 bits per heavy atom. The van der Waals surface area contributed by atoms with E-state index in [2.05, 4.69) is 10.3 Å². The molecule has 0 saturated carbocycles. The number of carbonyl (C=O) groups is 1. The lowest BCUT2D eigenvalue weighted by molar-refractivity contribution is -0.116. The molecular formula is C17H20N2O2. The number of nitrogens with one attached hydrogen (secondary N) is 1. The van der Waals surface area contributed by atoms with Crippen LogP contribution in [-0.2, 0) is 17.6 Å². The van der Waals surface area contributed by atoms with Crippen molar-refractivity contribution in [2.24, 2.45) is 0 Å². The van der Waals surface area contributed by atoms with E-state index in [1.807, 2.05) is 42.5 Å². The molecular weight excluding hydrogens is 264 g/mol. The second kappa shape index (κ2) is 8.17. The highest BCUT2D eigenvalue weighted by molar-refractivity contribution is 5.90. The second-order valence-corrected chi connectivity index (χ2v) is 4.89. The molecule has 0 aliphatic rings. The Bertz CT molecular complexity index is 553. The summed E-state index contributed by atoms with van der Waals surface area (Å²) in [5.74, 6) is 0.0147. The second-order valence-electron chi connectivity index (χ2n) is 4.89. The van der Waals surface area contributed by atoms with Crippen molar-refractivity contribution in [3.8, 4) is 0 Å². The van der Waals surface area contributed by atoms with E-state index in [0.29, 0.717) is 12.8 Å². The molecule has 0 saturated heterocycles. The van der Waals surface area contributed by atoms with E-state index in [1.165, 1.54) is 0 Å². The number of hydrogen-bond acceptors (Lipinski definition) is 3. The van der Waals surface area contributed by atoms with Crippen LogP contribution in [0.4, 0.5) is 5.69 Å². The maximum atomic E-state index is 11.8. The van der Waals surface area contributed by atoms with Crippen molar-refractivity contribution in [2.45, 2.75) is 25.7 Å². The van der Waals surface area contributed by atoms with E-state index >= 15 is 0 Å². The number of carbonyl (C=O) groups excluding carboxylic acids is 1. The summed E-state index contributed by atoms with van der Waals surface area (Å²) in [7, 11) is 0. The highest BCUT2D eigenvalue weighted by Crippen LogP contribution is 2.11. The molecule has 4 nitrogen and oxygen atoms in total. The molecule has 1 aromatic heterocycles. The lowest BCUT2D eigenvalue weighted by Gasteiger charge is -2.06. The van der Waals surface area contributed by atoms with Gasteiger partial charge in [-0.05, 0) is 49.1 Å². The molecule has 0 aliphatic heterocycles. The van der Waals surface area contributed by atoms with Crippen molar-refractivity contribution in [2.75, 3.05) is 11.9 Å². The number of aliphatic hydroxyl groups excluding tert-OH is 1. The summed E-state index contributed by atoms with van der Waals surface area (Å²) in [6.45, 7) is 0.138. The Balaban J connectivity index is 1.74. The zero-order chi connectivity index (χ0) is 14.9. The zero-order valence-corrected chi connectivity index (χ0v) is 12.0. The number of amides is 1. The molecule has 1 heterocycles. The van der Waals surface area contributed by atoms with Gasteiger partial charge in [-0.25, -0.2) is 0 Å². The predicted octanol–water partition coefficient (Wildman–Crippen LogP) is 2.58. The third kappa shape index (κ3) is 5.36. The summed E-state index contributed by atoms with van der Waals surface area (Å²) in [5, 5.41) is 11.7. The number of nitrogens with zero attached hydrogens (tertiary/aromatic N) is 1. The summed E-state index contributed by atoms with van der Waals surface area (Å²) in [5.41, 5.74) is 2.86. The minimum Gasteiger partial charge on any atom is -0.396 e. The van der Waals surface area contributed by atoms with Crippen molar-refractivity contribution in [3.05, 3.63) is 59.9 Å². The molecule has 0 unspecified atom stereocenters. The highest BCUT2D eigenvalue weighted by atomic mass is 16.2. The molecule has 1 aromatic carbocycles.